The molecule has 2 unspecified atom stereocenters. The van der Waals surface area contributed by atoms with Gasteiger partial charge in [-0.25, -0.2) is 0 Å². The second-order valence-corrected chi connectivity index (χ2v) is 4.88. The summed E-state index contributed by atoms with van der Waals surface area (Å²) in [5.41, 5.74) is 7.61. The first-order valence-electron chi connectivity index (χ1n) is 6.07. The van der Waals surface area contributed by atoms with E-state index in [0.29, 0.717) is 5.92 Å². The van der Waals surface area contributed by atoms with E-state index in [2.05, 4.69) is 19.1 Å². The highest BCUT2D eigenvalue weighted by Crippen LogP contribution is 2.44. The molecule has 2 nitrogen and oxygen atoms in total. The fourth-order valence-corrected chi connectivity index (χ4v) is 3.02. The zero-order chi connectivity index (χ0) is 11.6. The van der Waals surface area contributed by atoms with Gasteiger partial charge in [0.25, 0.3) is 0 Å². The molecule has 88 valence electrons. The third-order valence-electron chi connectivity index (χ3n) is 4.23. The van der Waals surface area contributed by atoms with Crippen LogP contribution in [0, 0.1) is 5.92 Å². The lowest BCUT2D eigenvalue weighted by Gasteiger charge is -2.33. The summed E-state index contributed by atoms with van der Waals surface area (Å²) in [5, 5.41) is 0. The largest absolute Gasteiger partial charge is 0.497 e. The van der Waals surface area contributed by atoms with Crippen LogP contribution in [0.3, 0.4) is 0 Å². The first kappa shape index (κ1) is 11.5. The molecule has 2 N–H and O–H groups in total. The predicted octanol–water partition coefficient (Wildman–Crippen LogP) is 2.71. The third-order valence-corrected chi connectivity index (χ3v) is 4.23. The molecule has 0 heterocycles. The van der Waals surface area contributed by atoms with Gasteiger partial charge in [0.15, 0.2) is 0 Å². The SMILES string of the molecule is COc1ccc(C2(CN)CCCC2C)cc1. The maximum absolute atomic E-state index is 6.03. The maximum atomic E-state index is 6.03. The highest BCUT2D eigenvalue weighted by molar-refractivity contribution is 5.34. The molecule has 2 rings (SSSR count). The maximum Gasteiger partial charge on any atom is 0.118 e. The molecule has 0 aliphatic heterocycles. The van der Waals surface area contributed by atoms with Crippen molar-refractivity contribution in [3.05, 3.63) is 29.8 Å². The second kappa shape index (κ2) is 4.46. The van der Waals surface area contributed by atoms with Crippen LogP contribution in [-0.4, -0.2) is 13.7 Å². The van der Waals surface area contributed by atoms with Crippen LogP contribution < -0.4 is 10.5 Å². The first-order chi connectivity index (χ1) is 7.73. The van der Waals surface area contributed by atoms with Gasteiger partial charge >= 0.3 is 0 Å². The first-order valence-corrected chi connectivity index (χ1v) is 6.07. The molecule has 16 heavy (non-hydrogen) atoms. The second-order valence-electron chi connectivity index (χ2n) is 4.88. The number of nitrogens with two attached hydrogens (primary N) is 1. The third kappa shape index (κ3) is 1.71. The minimum absolute atomic E-state index is 0.201. The van der Waals surface area contributed by atoms with E-state index in [-0.39, 0.29) is 5.41 Å². The minimum Gasteiger partial charge on any atom is -0.497 e. The van der Waals surface area contributed by atoms with E-state index in [9.17, 15) is 0 Å². The monoisotopic (exact) mass is 219 g/mol. The number of hydrogen-bond donors (Lipinski definition) is 1. The average Bonchev–Trinajstić information content (AvgIpc) is 2.72. The molecule has 0 saturated heterocycles. The Morgan fingerprint density at radius 2 is 2.06 bits per heavy atom. The summed E-state index contributed by atoms with van der Waals surface area (Å²) in [6.07, 6.45) is 3.81. The molecule has 0 radical (unpaired) electrons. The summed E-state index contributed by atoms with van der Waals surface area (Å²) >= 11 is 0. The fourth-order valence-electron chi connectivity index (χ4n) is 3.02. The standard InChI is InChI=1S/C14H21NO/c1-11-4-3-9-14(11,10-15)12-5-7-13(16-2)8-6-12/h5-8,11H,3-4,9-10,15H2,1-2H3. The van der Waals surface area contributed by atoms with Crippen LogP contribution in [0.5, 0.6) is 5.75 Å². The zero-order valence-electron chi connectivity index (χ0n) is 10.2. The number of methoxy groups -OCH3 is 1. The van der Waals surface area contributed by atoms with Gasteiger partial charge in [-0.3, -0.25) is 0 Å². The van der Waals surface area contributed by atoms with E-state index in [1.807, 2.05) is 12.1 Å². The van der Waals surface area contributed by atoms with Crippen molar-refractivity contribution in [1.29, 1.82) is 0 Å². The Balaban J connectivity index is 2.33. The molecule has 2 heteroatoms. The molecular weight excluding hydrogens is 198 g/mol. The normalized spacial score (nSPS) is 29.3. The summed E-state index contributed by atoms with van der Waals surface area (Å²) in [6.45, 7) is 3.07. The number of rotatable bonds is 3. The van der Waals surface area contributed by atoms with Crippen molar-refractivity contribution in [1.82, 2.24) is 0 Å². The lowest BCUT2D eigenvalue weighted by molar-refractivity contribution is 0.345. The molecule has 1 aromatic rings. The molecule has 1 aromatic carbocycles. The molecule has 1 saturated carbocycles. The summed E-state index contributed by atoms with van der Waals surface area (Å²) in [5.74, 6) is 1.60. The van der Waals surface area contributed by atoms with Gasteiger partial charge in [0.1, 0.15) is 5.75 Å². The number of hydrogen-bond acceptors (Lipinski definition) is 2. The van der Waals surface area contributed by atoms with Crippen LogP contribution in [0.25, 0.3) is 0 Å². The molecule has 2 atom stereocenters. The van der Waals surface area contributed by atoms with E-state index >= 15 is 0 Å². The number of ether oxygens (including phenoxy) is 1. The van der Waals surface area contributed by atoms with Gasteiger partial charge in [-0.2, -0.15) is 0 Å². The van der Waals surface area contributed by atoms with Crippen LogP contribution in [0.2, 0.25) is 0 Å². The Hall–Kier alpha value is -1.02. The van der Waals surface area contributed by atoms with Gasteiger partial charge in [0.2, 0.25) is 0 Å². The van der Waals surface area contributed by atoms with Gasteiger partial charge in [-0.1, -0.05) is 25.5 Å². The van der Waals surface area contributed by atoms with Gasteiger partial charge in [0.05, 0.1) is 7.11 Å². The van der Waals surface area contributed by atoms with E-state index in [0.717, 1.165) is 12.3 Å². The van der Waals surface area contributed by atoms with Crippen molar-refractivity contribution in [2.24, 2.45) is 11.7 Å². The van der Waals surface area contributed by atoms with Crippen molar-refractivity contribution >= 4 is 0 Å². The minimum atomic E-state index is 0.201. The zero-order valence-corrected chi connectivity index (χ0v) is 10.2. The van der Waals surface area contributed by atoms with Gasteiger partial charge < -0.3 is 10.5 Å². The summed E-state index contributed by atoms with van der Waals surface area (Å²) in [7, 11) is 1.70. The Morgan fingerprint density at radius 1 is 1.38 bits per heavy atom. The lowest BCUT2D eigenvalue weighted by atomic mass is 9.73. The van der Waals surface area contributed by atoms with Crippen LogP contribution >= 0.6 is 0 Å². The Labute approximate surface area is 97.8 Å². The molecular formula is C14H21NO. The van der Waals surface area contributed by atoms with Gasteiger partial charge in [0, 0.05) is 12.0 Å². The molecule has 1 aliphatic carbocycles. The quantitative estimate of drug-likeness (QED) is 0.848. The highest BCUT2D eigenvalue weighted by atomic mass is 16.5. The Kier molecular flexibility index (Phi) is 3.20. The molecule has 0 amide bonds. The summed E-state index contributed by atoms with van der Waals surface area (Å²) < 4.78 is 5.19. The molecule has 0 bridgehead atoms. The van der Waals surface area contributed by atoms with E-state index in [1.54, 1.807) is 7.11 Å². The van der Waals surface area contributed by atoms with Crippen LogP contribution in [0.1, 0.15) is 31.7 Å². The van der Waals surface area contributed by atoms with Crippen molar-refractivity contribution in [3.63, 3.8) is 0 Å². The van der Waals surface area contributed by atoms with Gasteiger partial charge in [-0.15, -0.1) is 0 Å². The highest BCUT2D eigenvalue weighted by Gasteiger charge is 2.40. The van der Waals surface area contributed by atoms with Crippen LogP contribution in [0.15, 0.2) is 24.3 Å². The van der Waals surface area contributed by atoms with Crippen molar-refractivity contribution in [2.75, 3.05) is 13.7 Å². The predicted molar refractivity (Wildman–Crippen MR) is 66.7 cm³/mol. The summed E-state index contributed by atoms with van der Waals surface area (Å²) in [4.78, 5) is 0. The Morgan fingerprint density at radius 3 is 2.50 bits per heavy atom. The van der Waals surface area contributed by atoms with Crippen molar-refractivity contribution in [2.45, 2.75) is 31.6 Å². The van der Waals surface area contributed by atoms with Crippen molar-refractivity contribution < 1.29 is 4.74 Å². The number of benzene rings is 1. The lowest BCUT2D eigenvalue weighted by Crippen LogP contribution is -2.37. The smallest absolute Gasteiger partial charge is 0.118 e. The fraction of sp³-hybridized carbons (Fsp3) is 0.571. The van der Waals surface area contributed by atoms with Gasteiger partial charge in [-0.05, 0) is 36.5 Å². The topological polar surface area (TPSA) is 35.2 Å². The van der Waals surface area contributed by atoms with E-state index in [4.69, 9.17) is 10.5 Å². The Bertz CT molecular complexity index is 346. The molecule has 0 aromatic heterocycles. The van der Waals surface area contributed by atoms with Crippen molar-refractivity contribution in [3.8, 4) is 5.75 Å². The van der Waals surface area contributed by atoms with Crippen LogP contribution in [-0.2, 0) is 5.41 Å². The van der Waals surface area contributed by atoms with Crippen LogP contribution in [0.4, 0.5) is 0 Å². The average molecular weight is 219 g/mol. The summed E-state index contributed by atoms with van der Waals surface area (Å²) in [6, 6.07) is 8.43. The van der Waals surface area contributed by atoms with E-state index < -0.39 is 0 Å². The molecule has 1 fully saturated rings. The molecule has 0 spiro atoms. The van der Waals surface area contributed by atoms with E-state index in [1.165, 1.54) is 24.8 Å². The molecule has 1 aliphatic rings.